The highest BCUT2D eigenvalue weighted by molar-refractivity contribution is 5.81. The third-order valence-corrected chi connectivity index (χ3v) is 4.50. The number of para-hydroxylation sites is 1. The van der Waals surface area contributed by atoms with Gasteiger partial charge >= 0.3 is 0 Å². The molecule has 1 amide bonds. The molecule has 6 nitrogen and oxygen atoms in total. The van der Waals surface area contributed by atoms with Gasteiger partial charge in [-0.3, -0.25) is 14.5 Å². The van der Waals surface area contributed by atoms with Crippen molar-refractivity contribution < 1.29 is 4.79 Å². The van der Waals surface area contributed by atoms with E-state index in [0.717, 1.165) is 25.9 Å². The van der Waals surface area contributed by atoms with Gasteiger partial charge in [-0.25, -0.2) is 4.98 Å². The van der Waals surface area contributed by atoms with Crippen molar-refractivity contribution in [1.82, 2.24) is 19.8 Å². The minimum atomic E-state index is -0.232. The van der Waals surface area contributed by atoms with E-state index in [4.69, 9.17) is 0 Å². The van der Waals surface area contributed by atoms with Crippen LogP contribution >= 0.6 is 0 Å². The average Bonchev–Trinajstić information content (AvgIpc) is 3.08. The largest absolute Gasteiger partial charge is 0.341 e. The maximum atomic E-state index is 12.4. The van der Waals surface area contributed by atoms with Crippen molar-refractivity contribution in [2.75, 3.05) is 20.1 Å². The molecule has 0 radical (unpaired) electrons. The fraction of sp³-hybridized carbons (Fsp3) is 0.471. The van der Waals surface area contributed by atoms with Crippen molar-refractivity contribution in [2.45, 2.75) is 32.4 Å². The number of H-pyrrole nitrogens is 1. The van der Waals surface area contributed by atoms with Crippen LogP contribution in [0.25, 0.3) is 10.9 Å². The summed E-state index contributed by atoms with van der Waals surface area (Å²) in [6.45, 7) is 4.03. The van der Waals surface area contributed by atoms with E-state index >= 15 is 0 Å². The minimum Gasteiger partial charge on any atom is -0.341 e. The second kappa shape index (κ2) is 6.50. The Morgan fingerprint density at radius 2 is 2.04 bits per heavy atom. The van der Waals surface area contributed by atoms with Gasteiger partial charge in [-0.05, 0) is 38.9 Å². The Labute approximate surface area is 135 Å². The first-order valence-electron chi connectivity index (χ1n) is 8.03. The molecule has 2 aromatic rings. The SMILES string of the molecule is C[C@H](C(=O)N1CCCC1)N(C)Cc1nc2ccccc2c(=O)[nH]1. The maximum Gasteiger partial charge on any atom is 0.258 e. The Balaban J connectivity index is 1.75. The fourth-order valence-electron chi connectivity index (χ4n) is 2.97. The van der Waals surface area contributed by atoms with Crippen LogP contribution in [-0.2, 0) is 11.3 Å². The summed E-state index contributed by atoms with van der Waals surface area (Å²) in [6.07, 6.45) is 2.17. The number of benzene rings is 1. The molecule has 23 heavy (non-hydrogen) atoms. The van der Waals surface area contributed by atoms with E-state index < -0.39 is 0 Å². The first-order chi connectivity index (χ1) is 11.1. The summed E-state index contributed by atoms with van der Waals surface area (Å²) >= 11 is 0. The van der Waals surface area contributed by atoms with Crippen LogP contribution in [0.4, 0.5) is 0 Å². The molecule has 0 aliphatic carbocycles. The molecule has 1 saturated heterocycles. The third kappa shape index (κ3) is 3.27. The molecule has 1 aliphatic heterocycles. The monoisotopic (exact) mass is 314 g/mol. The number of carbonyl (C=O) groups excluding carboxylic acids is 1. The predicted molar refractivity (Wildman–Crippen MR) is 89.1 cm³/mol. The topological polar surface area (TPSA) is 69.3 Å². The second-order valence-corrected chi connectivity index (χ2v) is 6.15. The van der Waals surface area contributed by atoms with Crippen LogP contribution in [-0.4, -0.2) is 51.9 Å². The molecule has 2 heterocycles. The van der Waals surface area contributed by atoms with Gasteiger partial charge in [0.1, 0.15) is 5.82 Å². The standard InChI is InChI=1S/C17H22N4O2/c1-12(17(23)21-9-5-6-10-21)20(2)11-15-18-14-8-4-3-7-13(14)16(22)19-15/h3-4,7-8,12H,5-6,9-11H2,1-2H3,(H,18,19,22)/t12-/m1/s1. The van der Waals surface area contributed by atoms with Crippen LogP contribution in [0.2, 0.25) is 0 Å². The molecule has 3 rings (SSSR count). The van der Waals surface area contributed by atoms with E-state index in [0.29, 0.717) is 23.3 Å². The second-order valence-electron chi connectivity index (χ2n) is 6.15. The first kappa shape index (κ1) is 15.7. The first-order valence-corrected chi connectivity index (χ1v) is 8.03. The normalized spacial score (nSPS) is 16.2. The van der Waals surface area contributed by atoms with Gasteiger partial charge in [0, 0.05) is 13.1 Å². The summed E-state index contributed by atoms with van der Waals surface area (Å²) < 4.78 is 0. The van der Waals surface area contributed by atoms with Gasteiger partial charge in [0.2, 0.25) is 5.91 Å². The van der Waals surface area contributed by atoms with Gasteiger partial charge in [0.05, 0.1) is 23.5 Å². The van der Waals surface area contributed by atoms with Crippen molar-refractivity contribution >= 4 is 16.8 Å². The number of fused-ring (bicyclic) bond motifs is 1. The number of carbonyl (C=O) groups is 1. The van der Waals surface area contributed by atoms with Crippen LogP contribution in [0.15, 0.2) is 29.1 Å². The van der Waals surface area contributed by atoms with E-state index in [2.05, 4.69) is 9.97 Å². The quantitative estimate of drug-likeness (QED) is 0.925. The zero-order valence-electron chi connectivity index (χ0n) is 13.6. The molecular formula is C17H22N4O2. The van der Waals surface area contributed by atoms with Crippen molar-refractivity contribution in [2.24, 2.45) is 0 Å². The van der Waals surface area contributed by atoms with Crippen LogP contribution in [0, 0.1) is 0 Å². The lowest BCUT2D eigenvalue weighted by atomic mass is 10.2. The molecule has 122 valence electrons. The van der Waals surface area contributed by atoms with Gasteiger partial charge in [-0.15, -0.1) is 0 Å². The Bertz CT molecular complexity index is 765. The van der Waals surface area contributed by atoms with E-state index in [9.17, 15) is 9.59 Å². The predicted octanol–water partition coefficient (Wildman–Crippen LogP) is 1.37. The lowest BCUT2D eigenvalue weighted by molar-refractivity contribution is -0.135. The molecule has 1 aromatic heterocycles. The molecule has 1 aromatic carbocycles. The number of hydrogen-bond acceptors (Lipinski definition) is 4. The summed E-state index contributed by atoms with van der Waals surface area (Å²) in [5, 5.41) is 0.583. The molecule has 0 bridgehead atoms. The van der Waals surface area contributed by atoms with Crippen LogP contribution < -0.4 is 5.56 Å². The number of likely N-dealkylation sites (N-methyl/N-ethyl adjacent to an activating group) is 1. The van der Waals surface area contributed by atoms with Gasteiger partial charge in [0.15, 0.2) is 0 Å². The van der Waals surface area contributed by atoms with E-state index in [-0.39, 0.29) is 17.5 Å². The van der Waals surface area contributed by atoms with Crippen molar-refractivity contribution in [3.05, 3.63) is 40.4 Å². The van der Waals surface area contributed by atoms with Crippen molar-refractivity contribution in [1.29, 1.82) is 0 Å². The summed E-state index contributed by atoms with van der Waals surface area (Å²) in [5.41, 5.74) is 0.538. The smallest absolute Gasteiger partial charge is 0.258 e. The van der Waals surface area contributed by atoms with Crippen molar-refractivity contribution in [3.8, 4) is 0 Å². The van der Waals surface area contributed by atoms with E-state index in [1.165, 1.54) is 0 Å². The zero-order valence-corrected chi connectivity index (χ0v) is 13.6. The Hall–Kier alpha value is -2.21. The molecule has 6 heteroatoms. The number of aromatic amines is 1. The maximum absolute atomic E-state index is 12.4. The molecule has 0 saturated carbocycles. The van der Waals surface area contributed by atoms with Crippen molar-refractivity contribution in [3.63, 3.8) is 0 Å². The number of likely N-dealkylation sites (tertiary alicyclic amines) is 1. The highest BCUT2D eigenvalue weighted by Gasteiger charge is 2.26. The molecule has 1 N–H and O–H groups in total. The summed E-state index contributed by atoms with van der Waals surface area (Å²) in [7, 11) is 1.88. The average molecular weight is 314 g/mol. The molecule has 1 aliphatic rings. The molecule has 1 atom stereocenters. The molecule has 0 unspecified atom stereocenters. The van der Waals surface area contributed by atoms with Gasteiger partial charge in [-0.1, -0.05) is 12.1 Å². The Morgan fingerprint density at radius 1 is 1.35 bits per heavy atom. The molecule has 0 spiro atoms. The number of rotatable bonds is 4. The minimum absolute atomic E-state index is 0.141. The van der Waals surface area contributed by atoms with Crippen LogP contribution in [0.3, 0.4) is 0 Å². The summed E-state index contributed by atoms with van der Waals surface area (Å²) in [5.74, 6) is 0.727. The van der Waals surface area contributed by atoms with E-state index in [1.807, 2.05) is 42.0 Å². The Kier molecular flexibility index (Phi) is 4.43. The summed E-state index contributed by atoms with van der Waals surface area (Å²) in [4.78, 5) is 35.7. The van der Waals surface area contributed by atoms with Gasteiger partial charge in [-0.2, -0.15) is 0 Å². The van der Waals surface area contributed by atoms with Crippen LogP contribution in [0.1, 0.15) is 25.6 Å². The van der Waals surface area contributed by atoms with Gasteiger partial charge < -0.3 is 9.88 Å². The number of hydrogen-bond donors (Lipinski definition) is 1. The molecule has 1 fully saturated rings. The van der Waals surface area contributed by atoms with Gasteiger partial charge in [0.25, 0.3) is 5.56 Å². The number of nitrogens with zero attached hydrogens (tertiary/aromatic N) is 3. The van der Waals surface area contributed by atoms with Crippen LogP contribution in [0.5, 0.6) is 0 Å². The lowest BCUT2D eigenvalue weighted by Crippen LogP contribution is -2.44. The number of nitrogens with one attached hydrogen (secondary N) is 1. The summed E-state index contributed by atoms with van der Waals surface area (Å²) in [6, 6.07) is 7.04. The highest BCUT2D eigenvalue weighted by atomic mass is 16.2. The van der Waals surface area contributed by atoms with E-state index in [1.54, 1.807) is 6.07 Å². The lowest BCUT2D eigenvalue weighted by Gasteiger charge is -2.27. The Morgan fingerprint density at radius 3 is 2.78 bits per heavy atom. The highest BCUT2D eigenvalue weighted by Crippen LogP contribution is 2.13. The zero-order chi connectivity index (χ0) is 16.4. The third-order valence-electron chi connectivity index (χ3n) is 4.50. The fourth-order valence-corrected chi connectivity index (χ4v) is 2.97. The number of amides is 1. The molecular weight excluding hydrogens is 292 g/mol. The number of aromatic nitrogens is 2.